The summed E-state index contributed by atoms with van der Waals surface area (Å²) in [7, 11) is -1.01. The van der Waals surface area contributed by atoms with Crippen LogP contribution in [-0.2, 0) is 20.8 Å². The quantitative estimate of drug-likeness (QED) is 0.144. The Kier molecular flexibility index (Phi) is 7.92. The second-order valence-electron chi connectivity index (χ2n) is 11.1. The van der Waals surface area contributed by atoms with Crippen LogP contribution in [0.2, 0.25) is 11.3 Å². The normalized spacial score (nSPS) is 24.6. The summed E-state index contributed by atoms with van der Waals surface area (Å²) in [6, 6.07) is 18.8. The van der Waals surface area contributed by atoms with Crippen molar-refractivity contribution in [3.63, 3.8) is 0 Å². The average Bonchev–Trinajstić information content (AvgIpc) is 3.55. The van der Waals surface area contributed by atoms with Crippen molar-refractivity contribution in [3.05, 3.63) is 98.2 Å². The van der Waals surface area contributed by atoms with Crippen molar-refractivity contribution in [3.8, 4) is 5.75 Å². The standard InChI is InChI=1S/C32H31BClNO5S/c1-19-14-25-30(32(38)35(31(25)37)18-24-8-5-13-41-24)26-17-33(39)40-28(29(19)26)12-10-21(20-6-3-2-4-7-20)15-22-9-11-23(36)16-27(22)34/h2-9,11,13,15-16,25-26,28,30,36,39H,10,12,14,17-18H2,1H3/b21-15-/t25-,26+,28-,30-/m1/s1. The molecule has 2 aromatic carbocycles. The third kappa shape index (κ3) is 5.54. The fourth-order valence-electron chi connectivity index (χ4n) is 6.76. The molecular weight excluding hydrogens is 557 g/mol. The minimum absolute atomic E-state index is 0.107. The largest absolute Gasteiger partial charge is 0.508 e. The first-order valence-corrected chi connectivity index (χ1v) is 15.2. The number of allylic oxidation sites excluding steroid dienone is 2. The van der Waals surface area contributed by atoms with Crippen molar-refractivity contribution in [2.45, 2.75) is 45.2 Å². The van der Waals surface area contributed by atoms with Crippen molar-refractivity contribution >= 4 is 53.5 Å². The smallest absolute Gasteiger partial charge is 0.455 e. The Morgan fingerprint density at radius 2 is 1.93 bits per heavy atom. The van der Waals surface area contributed by atoms with Crippen LogP contribution >= 0.6 is 22.9 Å². The summed E-state index contributed by atoms with van der Waals surface area (Å²) in [5.74, 6) is -1.23. The van der Waals surface area contributed by atoms with Gasteiger partial charge in [-0.1, -0.05) is 53.6 Å². The minimum atomic E-state index is -1.01. The molecule has 4 atom stereocenters. The molecule has 41 heavy (non-hydrogen) atoms. The number of fused-ring (bicyclic) bond motifs is 3. The number of imide groups is 1. The van der Waals surface area contributed by atoms with Crippen molar-refractivity contribution in [1.82, 2.24) is 4.90 Å². The first-order valence-electron chi connectivity index (χ1n) is 14.0. The van der Waals surface area contributed by atoms with Gasteiger partial charge in [-0.2, -0.15) is 0 Å². The molecule has 0 spiro atoms. The molecule has 3 heterocycles. The SMILES string of the molecule is CC1=C2[C@@H](CC/C(=C/c3ccc(O)cc3Cl)c3ccccc3)OB(O)C[C@@H]2[C@@H]2C(=O)N(Cc3cccs3)C(=O)[C@@H]2C1. The first-order chi connectivity index (χ1) is 19.8. The Labute approximate surface area is 249 Å². The van der Waals surface area contributed by atoms with Gasteiger partial charge in [0, 0.05) is 4.88 Å². The van der Waals surface area contributed by atoms with E-state index in [4.69, 9.17) is 16.3 Å². The number of phenols is 1. The molecule has 2 amide bonds. The van der Waals surface area contributed by atoms with E-state index >= 15 is 0 Å². The highest BCUT2D eigenvalue weighted by Crippen LogP contribution is 2.51. The fraction of sp³-hybridized carbons (Fsp3) is 0.312. The van der Waals surface area contributed by atoms with Crippen LogP contribution in [-0.4, -0.2) is 40.1 Å². The molecule has 2 fully saturated rings. The number of likely N-dealkylation sites (tertiary alicyclic amines) is 1. The van der Waals surface area contributed by atoms with Crippen molar-refractivity contribution in [1.29, 1.82) is 0 Å². The van der Waals surface area contributed by atoms with Crippen LogP contribution in [0.25, 0.3) is 11.6 Å². The van der Waals surface area contributed by atoms with Crippen LogP contribution in [0.3, 0.4) is 0 Å². The summed E-state index contributed by atoms with van der Waals surface area (Å²) in [6.07, 6.45) is 3.71. The van der Waals surface area contributed by atoms with E-state index in [1.807, 2.05) is 60.8 Å². The van der Waals surface area contributed by atoms with Crippen molar-refractivity contribution < 1.29 is 24.4 Å². The molecule has 210 valence electrons. The molecule has 2 saturated heterocycles. The average molecular weight is 588 g/mol. The maximum Gasteiger partial charge on any atom is 0.455 e. The Bertz CT molecular complexity index is 1520. The lowest BCUT2D eigenvalue weighted by Crippen LogP contribution is -2.46. The molecule has 2 N–H and O–H groups in total. The zero-order valence-corrected chi connectivity index (χ0v) is 24.3. The summed E-state index contributed by atoms with van der Waals surface area (Å²) in [4.78, 5) is 29.5. The van der Waals surface area contributed by atoms with Gasteiger partial charge in [-0.15, -0.1) is 11.3 Å². The number of thiophene rings is 1. The second kappa shape index (κ2) is 11.6. The number of hydrogen-bond donors (Lipinski definition) is 2. The van der Waals surface area contributed by atoms with Gasteiger partial charge in [-0.3, -0.25) is 14.5 Å². The minimum Gasteiger partial charge on any atom is -0.508 e. The number of halogens is 1. The maximum atomic E-state index is 13.7. The lowest BCUT2D eigenvalue weighted by molar-refractivity contribution is -0.140. The van der Waals surface area contributed by atoms with E-state index in [0.717, 1.165) is 32.7 Å². The number of amides is 2. The number of carbonyl (C=O) groups is 2. The molecule has 6 rings (SSSR count). The number of rotatable bonds is 7. The van der Waals surface area contributed by atoms with Crippen LogP contribution in [0.15, 0.2) is 77.2 Å². The van der Waals surface area contributed by atoms with Gasteiger partial charge in [0.2, 0.25) is 11.8 Å². The van der Waals surface area contributed by atoms with Crippen LogP contribution < -0.4 is 0 Å². The molecule has 2 aliphatic heterocycles. The van der Waals surface area contributed by atoms with E-state index < -0.39 is 19.0 Å². The van der Waals surface area contributed by atoms with Gasteiger partial charge in [0.25, 0.3) is 0 Å². The summed E-state index contributed by atoms with van der Waals surface area (Å²) in [5, 5.41) is 23.0. The van der Waals surface area contributed by atoms with E-state index in [9.17, 15) is 19.7 Å². The van der Waals surface area contributed by atoms with Gasteiger partial charge in [0.05, 0.1) is 29.5 Å². The Hall–Kier alpha value is -3.17. The van der Waals surface area contributed by atoms with E-state index in [0.29, 0.717) is 37.2 Å². The molecule has 0 saturated carbocycles. The molecule has 0 unspecified atom stereocenters. The third-order valence-electron chi connectivity index (χ3n) is 8.57. The summed E-state index contributed by atoms with van der Waals surface area (Å²) >= 11 is 7.98. The van der Waals surface area contributed by atoms with E-state index in [-0.39, 0.29) is 29.6 Å². The van der Waals surface area contributed by atoms with Gasteiger partial charge < -0.3 is 14.8 Å². The highest BCUT2D eigenvalue weighted by atomic mass is 35.5. The number of aromatic hydroxyl groups is 1. The second-order valence-corrected chi connectivity index (χ2v) is 12.6. The number of nitrogens with zero attached hydrogens (tertiary/aromatic N) is 1. The predicted molar refractivity (Wildman–Crippen MR) is 162 cm³/mol. The maximum absolute atomic E-state index is 13.7. The van der Waals surface area contributed by atoms with E-state index in [1.165, 1.54) is 22.3 Å². The van der Waals surface area contributed by atoms with Crippen LogP contribution in [0.1, 0.15) is 42.2 Å². The molecule has 1 aliphatic carbocycles. The number of carbonyl (C=O) groups excluding carboxylic acids is 2. The van der Waals surface area contributed by atoms with Crippen molar-refractivity contribution in [2.24, 2.45) is 17.8 Å². The molecule has 0 bridgehead atoms. The van der Waals surface area contributed by atoms with Gasteiger partial charge in [0.1, 0.15) is 5.75 Å². The molecule has 9 heteroatoms. The van der Waals surface area contributed by atoms with Gasteiger partial charge in [-0.05, 0) is 96.4 Å². The number of benzene rings is 2. The first kappa shape index (κ1) is 28.0. The Morgan fingerprint density at radius 1 is 1.12 bits per heavy atom. The zero-order valence-electron chi connectivity index (χ0n) is 22.7. The fourth-order valence-corrected chi connectivity index (χ4v) is 7.68. The number of phenolic OH excluding ortho intramolecular Hbond substituents is 1. The lowest BCUT2D eigenvalue weighted by atomic mass is 9.58. The molecule has 0 radical (unpaired) electrons. The topological polar surface area (TPSA) is 87.1 Å². The molecular formula is C32H31BClNO5S. The summed E-state index contributed by atoms with van der Waals surface area (Å²) < 4.78 is 6.13. The third-order valence-corrected chi connectivity index (χ3v) is 9.76. The molecule has 1 aromatic heterocycles. The van der Waals surface area contributed by atoms with Gasteiger partial charge in [-0.25, -0.2) is 0 Å². The summed E-state index contributed by atoms with van der Waals surface area (Å²) in [5.41, 5.74) is 5.02. The van der Waals surface area contributed by atoms with Gasteiger partial charge in [0.15, 0.2) is 0 Å². The predicted octanol–water partition coefficient (Wildman–Crippen LogP) is 6.45. The van der Waals surface area contributed by atoms with Gasteiger partial charge >= 0.3 is 7.12 Å². The highest BCUT2D eigenvalue weighted by Gasteiger charge is 2.56. The van der Waals surface area contributed by atoms with Crippen LogP contribution in [0.4, 0.5) is 0 Å². The number of hydrogen-bond acceptors (Lipinski definition) is 6. The Morgan fingerprint density at radius 3 is 2.66 bits per heavy atom. The zero-order chi connectivity index (χ0) is 28.7. The molecule has 3 aromatic rings. The van der Waals surface area contributed by atoms with E-state index in [1.54, 1.807) is 12.1 Å². The van der Waals surface area contributed by atoms with Crippen molar-refractivity contribution in [2.75, 3.05) is 0 Å². The highest BCUT2D eigenvalue weighted by molar-refractivity contribution is 7.09. The molecule has 6 nitrogen and oxygen atoms in total. The van der Waals surface area contributed by atoms with E-state index in [2.05, 4.69) is 0 Å². The lowest BCUT2D eigenvalue weighted by Gasteiger charge is -2.42. The molecule has 3 aliphatic rings. The summed E-state index contributed by atoms with van der Waals surface area (Å²) in [6.45, 7) is 2.34. The van der Waals surface area contributed by atoms with Crippen LogP contribution in [0.5, 0.6) is 5.75 Å². The van der Waals surface area contributed by atoms with Crippen LogP contribution in [0, 0.1) is 17.8 Å². The Balaban J connectivity index is 1.27. The monoisotopic (exact) mass is 587 g/mol.